The second-order valence-corrected chi connectivity index (χ2v) is 5.30. The topological polar surface area (TPSA) is 15.3 Å². The van der Waals surface area contributed by atoms with Gasteiger partial charge in [-0.1, -0.05) is 30.3 Å². The van der Waals surface area contributed by atoms with Gasteiger partial charge >= 0.3 is 0 Å². The molecule has 1 atom stereocenters. The second kappa shape index (κ2) is 6.13. The molecular weight excluding hydrogens is 239 g/mol. The SMILES string of the molecule is CC(CN(C)C)NCc1ccc(F)c2ccccc12. The van der Waals surface area contributed by atoms with E-state index >= 15 is 0 Å². The van der Waals surface area contributed by atoms with Gasteiger partial charge in [-0.05, 0) is 38.0 Å². The van der Waals surface area contributed by atoms with E-state index in [1.54, 1.807) is 6.07 Å². The van der Waals surface area contributed by atoms with E-state index in [4.69, 9.17) is 0 Å². The second-order valence-electron chi connectivity index (χ2n) is 5.30. The summed E-state index contributed by atoms with van der Waals surface area (Å²) < 4.78 is 13.7. The maximum Gasteiger partial charge on any atom is 0.131 e. The molecule has 0 amide bonds. The number of rotatable bonds is 5. The smallest absolute Gasteiger partial charge is 0.131 e. The van der Waals surface area contributed by atoms with E-state index in [2.05, 4.69) is 31.2 Å². The molecule has 0 aliphatic rings. The van der Waals surface area contributed by atoms with Crippen LogP contribution in [0.1, 0.15) is 12.5 Å². The van der Waals surface area contributed by atoms with Gasteiger partial charge in [0.25, 0.3) is 0 Å². The Bertz CT molecular complexity index is 551. The Morgan fingerprint density at radius 2 is 1.79 bits per heavy atom. The first kappa shape index (κ1) is 14.0. The van der Waals surface area contributed by atoms with Gasteiger partial charge in [0.2, 0.25) is 0 Å². The first-order chi connectivity index (χ1) is 9.08. The first-order valence-corrected chi connectivity index (χ1v) is 6.62. The molecule has 2 aromatic carbocycles. The predicted molar refractivity (Wildman–Crippen MR) is 78.8 cm³/mol. The highest BCUT2D eigenvalue weighted by Gasteiger charge is 2.07. The van der Waals surface area contributed by atoms with Crippen molar-refractivity contribution >= 4 is 10.8 Å². The zero-order chi connectivity index (χ0) is 13.8. The summed E-state index contributed by atoms with van der Waals surface area (Å²) in [5.74, 6) is -0.152. The van der Waals surface area contributed by atoms with Crippen molar-refractivity contribution in [2.24, 2.45) is 0 Å². The van der Waals surface area contributed by atoms with Gasteiger partial charge in [-0.25, -0.2) is 4.39 Å². The number of nitrogens with one attached hydrogen (secondary N) is 1. The normalized spacial score (nSPS) is 13.1. The van der Waals surface area contributed by atoms with Crippen molar-refractivity contribution in [3.8, 4) is 0 Å². The maximum atomic E-state index is 13.7. The molecule has 0 bridgehead atoms. The van der Waals surface area contributed by atoms with Crippen LogP contribution in [-0.4, -0.2) is 31.6 Å². The summed E-state index contributed by atoms with van der Waals surface area (Å²) in [4.78, 5) is 2.15. The number of halogens is 1. The van der Waals surface area contributed by atoms with Crippen LogP contribution >= 0.6 is 0 Å². The molecule has 0 aliphatic heterocycles. The fourth-order valence-corrected chi connectivity index (χ4v) is 2.38. The molecule has 102 valence electrons. The molecule has 2 rings (SSSR count). The van der Waals surface area contributed by atoms with Crippen molar-refractivity contribution < 1.29 is 4.39 Å². The van der Waals surface area contributed by atoms with E-state index in [-0.39, 0.29) is 5.82 Å². The molecule has 19 heavy (non-hydrogen) atoms. The van der Waals surface area contributed by atoms with E-state index in [0.717, 1.165) is 24.0 Å². The molecule has 0 aromatic heterocycles. The number of hydrogen-bond acceptors (Lipinski definition) is 2. The Morgan fingerprint density at radius 3 is 2.47 bits per heavy atom. The highest BCUT2D eigenvalue weighted by atomic mass is 19.1. The summed E-state index contributed by atoms with van der Waals surface area (Å²) in [7, 11) is 4.12. The van der Waals surface area contributed by atoms with Crippen molar-refractivity contribution in [2.45, 2.75) is 19.5 Å². The predicted octanol–water partition coefficient (Wildman–Crippen LogP) is 3.02. The van der Waals surface area contributed by atoms with Crippen LogP contribution in [0.15, 0.2) is 36.4 Å². The van der Waals surface area contributed by atoms with Crippen LogP contribution in [0.4, 0.5) is 4.39 Å². The van der Waals surface area contributed by atoms with Crippen LogP contribution in [0.5, 0.6) is 0 Å². The Kier molecular flexibility index (Phi) is 4.51. The van der Waals surface area contributed by atoms with E-state index in [1.165, 1.54) is 0 Å². The van der Waals surface area contributed by atoms with Gasteiger partial charge in [0, 0.05) is 24.5 Å². The Hall–Kier alpha value is -1.45. The Labute approximate surface area is 114 Å². The number of benzene rings is 2. The quantitative estimate of drug-likeness (QED) is 0.889. The average Bonchev–Trinajstić information content (AvgIpc) is 2.37. The average molecular weight is 260 g/mol. The number of fused-ring (bicyclic) bond motifs is 1. The largest absolute Gasteiger partial charge is 0.309 e. The molecule has 0 spiro atoms. The Balaban J connectivity index is 2.15. The minimum absolute atomic E-state index is 0.152. The number of hydrogen-bond donors (Lipinski definition) is 1. The highest BCUT2D eigenvalue weighted by molar-refractivity contribution is 5.86. The summed E-state index contributed by atoms with van der Waals surface area (Å²) in [6.07, 6.45) is 0. The van der Waals surface area contributed by atoms with Crippen molar-refractivity contribution in [1.29, 1.82) is 0 Å². The summed E-state index contributed by atoms with van der Waals surface area (Å²) in [5.41, 5.74) is 1.14. The van der Waals surface area contributed by atoms with Crippen LogP contribution in [0, 0.1) is 5.82 Å². The first-order valence-electron chi connectivity index (χ1n) is 6.62. The van der Waals surface area contributed by atoms with Crippen LogP contribution < -0.4 is 5.32 Å². The van der Waals surface area contributed by atoms with Gasteiger partial charge in [-0.2, -0.15) is 0 Å². The van der Waals surface area contributed by atoms with Crippen molar-refractivity contribution in [3.05, 3.63) is 47.8 Å². The van der Waals surface area contributed by atoms with Crippen LogP contribution in [-0.2, 0) is 6.54 Å². The summed E-state index contributed by atoms with van der Waals surface area (Å²) in [6.45, 7) is 3.90. The van der Waals surface area contributed by atoms with E-state index < -0.39 is 0 Å². The third kappa shape index (κ3) is 3.52. The minimum atomic E-state index is -0.152. The van der Waals surface area contributed by atoms with Gasteiger partial charge in [0.15, 0.2) is 0 Å². The molecule has 0 radical (unpaired) electrons. The molecule has 0 saturated carbocycles. The number of likely N-dealkylation sites (N-methyl/N-ethyl adjacent to an activating group) is 1. The molecule has 0 saturated heterocycles. The fraction of sp³-hybridized carbons (Fsp3) is 0.375. The lowest BCUT2D eigenvalue weighted by Gasteiger charge is -2.19. The molecule has 1 unspecified atom stereocenters. The fourth-order valence-electron chi connectivity index (χ4n) is 2.38. The summed E-state index contributed by atoms with van der Waals surface area (Å²) >= 11 is 0. The van der Waals surface area contributed by atoms with Gasteiger partial charge in [-0.15, -0.1) is 0 Å². The third-order valence-electron chi connectivity index (χ3n) is 3.24. The van der Waals surface area contributed by atoms with E-state index in [0.29, 0.717) is 11.4 Å². The van der Waals surface area contributed by atoms with Crippen LogP contribution in [0.25, 0.3) is 10.8 Å². The monoisotopic (exact) mass is 260 g/mol. The molecule has 0 aliphatic carbocycles. The lowest BCUT2D eigenvalue weighted by Crippen LogP contribution is -2.35. The van der Waals surface area contributed by atoms with Gasteiger partial charge in [-0.3, -0.25) is 0 Å². The summed E-state index contributed by atoms with van der Waals surface area (Å²) in [5, 5.41) is 5.17. The minimum Gasteiger partial charge on any atom is -0.309 e. The molecule has 0 heterocycles. The summed E-state index contributed by atoms with van der Waals surface area (Å²) in [6, 6.07) is 11.5. The van der Waals surface area contributed by atoms with Crippen LogP contribution in [0.2, 0.25) is 0 Å². The van der Waals surface area contributed by atoms with Gasteiger partial charge < -0.3 is 10.2 Å². The molecule has 2 nitrogen and oxygen atoms in total. The third-order valence-corrected chi connectivity index (χ3v) is 3.24. The molecular formula is C16H21FN2. The Morgan fingerprint density at radius 1 is 1.11 bits per heavy atom. The van der Waals surface area contributed by atoms with Gasteiger partial charge in [0.05, 0.1) is 0 Å². The van der Waals surface area contributed by atoms with Gasteiger partial charge in [0.1, 0.15) is 5.82 Å². The lowest BCUT2D eigenvalue weighted by molar-refractivity contribution is 0.349. The molecule has 0 fully saturated rings. The molecule has 1 N–H and O–H groups in total. The highest BCUT2D eigenvalue weighted by Crippen LogP contribution is 2.21. The standard InChI is InChI=1S/C16H21FN2/c1-12(11-19(2)3)18-10-13-8-9-16(17)15-7-5-4-6-14(13)15/h4-9,12,18H,10-11H2,1-3H3. The van der Waals surface area contributed by atoms with Crippen molar-refractivity contribution in [1.82, 2.24) is 10.2 Å². The van der Waals surface area contributed by atoms with Crippen LogP contribution in [0.3, 0.4) is 0 Å². The molecule has 3 heteroatoms. The zero-order valence-corrected chi connectivity index (χ0v) is 11.8. The lowest BCUT2D eigenvalue weighted by atomic mass is 10.0. The van der Waals surface area contributed by atoms with Crippen molar-refractivity contribution in [2.75, 3.05) is 20.6 Å². The number of nitrogens with zero attached hydrogens (tertiary/aromatic N) is 1. The maximum absolute atomic E-state index is 13.7. The van der Waals surface area contributed by atoms with E-state index in [1.807, 2.05) is 30.3 Å². The van der Waals surface area contributed by atoms with E-state index in [9.17, 15) is 4.39 Å². The molecule has 2 aromatic rings. The van der Waals surface area contributed by atoms with Crippen molar-refractivity contribution in [3.63, 3.8) is 0 Å². The zero-order valence-electron chi connectivity index (χ0n) is 11.8.